The molecule has 0 bridgehead atoms. The van der Waals surface area contributed by atoms with E-state index in [0.29, 0.717) is 0 Å². The fourth-order valence-corrected chi connectivity index (χ4v) is 9.68. The molecule has 11 aromatic rings. The van der Waals surface area contributed by atoms with E-state index in [2.05, 4.69) is 176 Å². The van der Waals surface area contributed by atoms with Crippen LogP contribution in [0, 0.1) is 0 Å². The first-order chi connectivity index (χ1) is 27.5. The fourth-order valence-electron chi connectivity index (χ4n) is 9.68. The van der Waals surface area contributed by atoms with Crippen LogP contribution >= 0.6 is 0 Å². The van der Waals surface area contributed by atoms with E-state index in [-0.39, 0.29) is 5.41 Å². The van der Waals surface area contributed by atoms with Crippen LogP contribution in [0.1, 0.15) is 25.0 Å². The number of fused-ring (bicyclic) bond motifs is 13. The third-order valence-electron chi connectivity index (χ3n) is 12.2. The molecule has 0 radical (unpaired) electrons. The summed E-state index contributed by atoms with van der Waals surface area (Å²) < 4.78 is 13.6. The summed E-state index contributed by atoms with van der Waals surface area (Å²) in [5.74, 6) is 0. The third kappa shape index (κ3) is 4.28. The van der Waals surface area contributed by atoms with Gasteiger partial charge in [-0.2, -0.15) is 0 Å². The number of hydrogen-bond donors (Lipinski definition) is 0. The van der Waals surface area contributed by atoms with E-state index in [9.17, 15) is 0 Å². The molecule has 264 valence electrons. The molecule has 0 fully saturated rings. The topological polar surface area (TPSA) is 29.5 Å². The molecule has 0 unspecified atom stereocenters. The van der Waals surface area contributed by atoms with E-state index in [4.69, 9.17) is 8.83 Å². The minimum Gasteiger partial charge on any atom is -0.456 e. The standard InChI is InChI=1S/C53H35NO2/c1-53(2)43-22-12-10-20-38(43)39-25-24-34(31-44(39)53)54(33-15-4-3-5-16-33)45-27-26-41-51-48(29-28-47-50(51)40-21-11-13-23-46(40)55-47)56-52(41)49(45)42-30-32-14-6-7-17-35(32)36-18-8-9-19-37(36)42/h3-31H,1-2H3. The smallest absolute Gasteiger partial charge is 0.145 e. The Bertz CT molecular complexity index is 3400. The lowest BCUT2D eigenvalue weighted by atomic mass is 9.82. The summed E-state index contributed by atoms with van der Waals surface area (Å²) in [6, 6.07) is 63.5. The zero-order valence-corrected chi connectivity index (χ0v) is 31.0. The van der Waals surface area contributed by atoms with Crippen LogP contribution < -0.4 is 4.90 Å². The Morgan fingerprint density at radius 1 is 0.411 bits per heavy atom. The highest BCUT2D eigenvalue weighted by Gasteiger charge is 2.36. The first-order valence-electron chi connectivity index (χ1n) is 19.3. The second-order valence-electron chi connectivity index (χ2n) is 15.6. The highest BCUT2D eigenvalue weighted by molar-refractivity contribution is 6.28. The maximum Gasteiger partial charge on any atom is 0.145 e. The van der Waals surface area contributed by atoms with Gasteiger partial charge in [0.15, 0.2) is 0 Å². The van der Waals surface area contributed by atoms with E-state index in [1.54, 1.807) is 0 Å². The van der Waals surface area contributed by atoms with Crippen molar-refractivity contribution in [3.8, 4) is 22.3 Å². The average Bonchev–Trinajstić information content (AvgIpc) is 3.88. The molecule has 1 aliphatic carbocycles. The zero-order valence-electron chi connectivity index (χ0n) is 31.0. The summed E-state index contributed by atoms with van der Waals surface area (Å²) in [5, 5.41) is 9.12. The van der Waals surface area contributed by atoms with E-state index in [0.717, 1.165) is 72.1 Å². The molecule has 9 aromatic carbocycles. The van der Waals surface area contributed by atoms with Crippen molar-refractivity contribution in [2.75, 3.05) is 4.90 Å². The highest BCUT2D eigenvalue weighted by Crippen LogP contribution is 2.53. The number of benzene rings is 9. The van der Waals surface area contributed by atoms with Crippen LogP contribution in [0.2, 0.25) is 0 Å². The van der Waals surface area contributed by atoms with Gasteiger partial charge in [0, 0.05) is 43.9 Å². The Labute approximate surface area is 323 Å². The van der Waals surface area contributed by atoms with Crippen molar-refractivity contribution in [1.82, 2.24) is 0 Å². The molecule has 0 saturated heterocycles. The monoisotopic (exact) mass is 717 g/mol. The summed E-state index contributed by atoms with van der Waals surface area (Å²) in [4.78, 5) is 2.42. The molecule has 0 spiro atoms. The van der Waals surface area contributed by atoms with Crippen LogP contribution in [0.3, 0.4) is 0 Å². The quantitative estimate of drug-likeness (QED) is 0.170. The molecule has 0 saturated carbocycles. The van der Waals surface area contributed by atoms with Gasteiger partial charge in [-0.05, 0) is 110 Å². The van der Waals surface area contributed by atoms with Gasteiger partial charge >= 0.3 is 0 Å². The summed E-state index contributed by atoms with van der Waals surface area (Å²) in [6.45, 7) is 4.70. The molecule has 0 amide bonds. The van der Waals surface area contributed by atoms with Crippen LogP contribution in [0.5, 0.6) is 0 Å². The van der Waals surface area contributed by atoms with Crippen molar-refractivity contribution < 1.29 is 8.83 Å². The Kier molecular flexibility index (Phi) is 6.40. The van der Waals surface area contributed by atoms with Crippen LogP contribution in [-0.2, 0) is 5.41 Å². The Morgan fingerprint density at radius 2 is 1.07 bits per heavy atom. The molecule has 56 heavy (non-hydrogen) atoms. The minimum absolute atomic E-state index is 0.150. The molecule has 3 nitrogen and oxygen atoms in total. The van der Waals surface area contributed by atoms with Gasteiger partial charge in [0.1, 0.15) is 22.3 Å². The van der Waals surface area contributed by atoms with Crippen LogP contribution in [-0.4, -0.2) is 0 Å². The summed E-state index contributed by atoms with van der Waals surface area (Å²) >= 11 is 0. The molecule has 0 aliphatic heterocycles. The molecular formula is C53H35NO2. The SMILES string of the molecule is CC1(C)c2ccccc2-c2ccc(N(c3ccccc3)c3ccc4c(oc5ccc6oc7ccccc7c6c54)c3-c3cc4ccccc4c4ccccc34)cc21. The van der Waals surface area contributed by atoms with Gasteiger partial charge in [0.2, 0.25) is 0 Å². The number of rotatable bonds is 4. The number of anilines is 3. The van der Waals surface area contributed by atoms with Crippen molar-refractivity contribution in [2.24, 2.45) is 0 Å². The molecule has 2 heterocycles. The maximum absolute atomic E-state index is 7.17. The van der Waals surface area contributed by atoms with Gasteiger partial charge in [-0.1, -0.05) is 129 Å². The van der Waals surface area contributed by atoms with Crippen molar-refractivity contribution in [3.63, 3.8) is 0 Å². The van der Waals surface area contributed by atoms with Gasteiger partial charge in [-0.3, -0.25) is 0 Å². The van der Waals surface area contributed by atoms with Gasteiger partial charge in [-0.15, -0.1) is 0 Å². The average molecular weight is 718 g/mol. The predicted octanol–water partition coefficient (Wildman–Crippen LogP) is 15.2. The largest absolute Gasteiger partial charge is 0.456 e. The molecular weight excluding hydrogens is 683 g/mol. The number of nitrogens with zero attached hydrogens (tertiary/aromatic N) is 1. The van der Waals surface area contributed by atoms with Gasteiger partial charge in [0.05, 0.1) is 5.69 Å². The minimum atomic E-state index is -0.150. The van der Waals surface area contributed by atoms with Crippen molar-refractivity contribution in [2.45, 2.75) is 19.3 Å². The maximum atomic E-state index is 7.17. The zero-order chi connectivity index (χ0) is 37.1. The summed E-state index contributed by atoms with van der Waals surface area (Å²) in [5.41, 5.74) is 14.0. The second kappa shape index (κ2) is 11.5. The molecule has 2 aromatic heterocycles. The Balaban J connectivity index is 1.22. The number of hydrogen-bond acceptors (Lipinski definition) is 3. The fraction of sp³-hybridized carbons (Fsp3) is 0.0566. The van der Waals surface area contributed by atoms with E-state index >= 15 is 0 Å². The van der Waals surface area contributed by atoms with Gasteiger partial charge < -0.3 is 13.7 Å². The molecule has 3 heteroatoms. The lowest BCUT2D eigenvalue weighted by Crippen LogP contribution is -2.17. The van der Waals surface area contributed by atoms with Crippen LogP contribution in [0.4, 0.5) is 17.1 Å². The normalized spacial score (nSPS) is 13.3. The lowest BCUT2D eigenvalue weighted by molar-refractivity contribution is 0.660. The van der Waals surface area contributed by atoms with Gasteiger partial charge in [-0.25, -0.2) is 0 Å². The number of para-hydroxylation sites is 2. The molecule has 0 N–H and O–H groups in total. The Hall–Kier alpha value is -7.10. The molecule has 1 aliphatic rings. The summed E-state index contributed by atoms with van der Waals surface area (Å²) in [7, 11) is 0. The Morgan fingerprint density at radius 3 is 1.93 bits per heavy atom. The highest BCUT2D eigenvalue weighted by atomic mass is 16.3. The van der Waals surface area contributed by atoms with E-state index < -0.39 is 0 Å². The second-order valence-corrected chi connectivity index (χ2v) is 15.6. The third-order valence-corrected chi connectivity index (χ3v) is 12.2. The molecule has 0 atom stereocenters. The van der Waals surface area contributed by atoms with Crippen LogP contribution in [0.15, 0.2) is 185 Å². The molecule has 12 rings (SSSR count). The summed E-state index contributed by atoms with van der Waals surface area (Å²) in [6.07, 6.45) is 0. The predicted molar refractivity (Wildman–Crippen MR) is 234 cm³/mol. The van der Waals surface area contributed by atoms with Crippen molar-refractivity contribution in [1.29, 1.82) is 0 Å². The van der Waals surface area contributed by atoms with Crippen molar-refractivity contribution in [3.05, 3.63) is 187 Å². The number of furan rings is 2. The van der Waals surface area contributed by atoms with E-state index in [1.165, 1.54) is 43.8 Å². The first-order valence-corrected chi connectivity index (χ1v) is 19.3. The van der Waals surface area contributed by atoms with Crippen LogP contribution in [0.25, 0.3) is 87.7 Å². The van der Waals surface area contributed by atoms with Crippen molar-refractivity contribution >= 4 is 82.5 Å². The lowest BCUT2D eigenvalue weighted by Gasteiger charge is -2.30. The van der Waals surface area contributed by atoms with Gasteiger partial charge in [0.25, 0.3) is 0 Å². The van der Waals surface area contributed by atoms with E-state index in [1.807, 2.05) is 18.2 Å². The first kappa shape index (κ1) is 31.3.